The van der Waals surface area contributed by atoms with Gasteiger partial charge in [0.25, 0.3) is 0 Å². The van der Waals surface area contributed by atoms with E-state index in [0.29, 0.717) is 12.2 Å². The van der Waals surface area contributed by atoms with Crippen molar-refractivity contribution in [3.05, 3.63) is 33.3 Å². The Labute approximate surface area is 134 Å². The van der Waals surface area contributed by atoms with Gasteiger partial charge in [0.2, 0.25) is 0 Å². The summed E-state index contributed by atoms with van der Waals surface area (Å²) in [7, 11) is 0. The highest BCUT2D eigenvalue weighted by atomic mass is 79.9. The van der Waals surface area contributed by atoms with Gasteiger partial charge in [0.05, 0.1) is 4.47 Å². The molecule has 0 spiro atoms. The van der Waals surface area contributed by atoms with Gasteiger partial charge < -0.3 is 5.11 Å². The number of Topliss-reactive ketones (excluding diaryl/α,β-unsaturated/α-hetero) is 1. The number of hydrogen-bond donors (Lipinski definition) is 1. The molecule has 0 aliphatic heterocycles. The molecule has 1 unspecified atom stereocenters. The van der Waals surface area contributed by atoms with E-state index in [-0.39, 0.29) is 11.2 Å². The Hall–Kier alpha value is -1.09. The molecular formula is C18H21BrO2. The van der Waals surface area contributed by atoms with Gasteiger partial charge in [0, 0.05) is 11.8 Å². The fourth-order valence-corrected chi connectivity index (χ4v) is 4.62. The molecule has 3 heteroatoms. The van der Waals surface area contributed by atoms with Crippen LogP contribution in [0.5, 0.6) is 5.75 Å². The fraction of sp³-hybridized carbons (Fsp3) is 0.500. The van der Waals surface area contributed by atoms with Crippen LogP contribution in [0.25, 0.3) is 5.57 Å². The number of unbranched alkanes of at least 4 members (excludes halogenated alkanes) is 1. The maximum atomic E-state index is 12.4. The van der Waals surface area contributed by atoms with Gasteiger partial charge in [0.1, 0.15) is 5.75 Å². The number of hydrogen-bond acceptors (Lipinski definition) is 2. The number of aromatic hydroxyl groups is 1. The molecule has 0 fully saturated rings. The number of benzene rings is 1. The molecule has 0 bridgehead atoms. The van der Waals surface area contributed by atoms with E-state index in [0.717, 1.165) is 41.3 Å². The lowest BCUT2D eigenvalue weighted by atomic mass is 9.66. The first-order valence-corrected chi connectivity index (χ1v) is 8.55. The fourth-order valence-electron chi connectivity index (χ4n) is 4.07. The molecule has 0 heterocycles. The summed E-state index contributed by atoms with van der Waals surface area (Å²) in [6.45, 7) is 4.18. The van der Waals surface area contributed by atoms with Crippen LogP contribution in [-0.4, -0.2) is 10.9 Å². The Morgan fingerprint density at radius 3 is 2.86 bits per heavy atom. The average Bonchev–Trinajstić information content (AvgIpc) is 2.73. The topological polar surface area (TPSA) is 37.3 Å². The standard InChI is InChI=1S/C18H21BrO2/c1-3-4-8-18-9-7-13-12(5-6-14(20)17(13)19)16(18)11(2)15(21)10-18/h5-6,20H,3-4,7-10H2,1-2H3. The highest BCUT2D eigenvalue weighted by Crippen LogP contribution is 2.57. The Morgan fingerprint density at radius 2 is 2.14 bits per heavy atom. The summed E-state index contributed by atoms with van der Waals surface area (Å²) in [5.41, 5.74) is 4.56. The van der Waals surface area contributed by atoms with Crippen molar-refractivity contribution in [2.45, 2.75) is 52.4 Å². The number of carbonyl (C=O) groups is 1. The number of fused-ring (bicyclic) bond motifs is 3. The molecule has 2 nitrogen and oxygen atoms in total. The van der Waals surface area contributed by atoms with E-state index in [1.54, 1.807) is 6.07 Å². The molecule has 2 aliphatic carbocycles. The molecule has 0 saturated carbocycles. The number of allylic oxidation sites excluding steroid dienone is 2. The maximum absolute atomic E-state index is 12.4. The predicted molar refractivity (Wildman–Crippen MR) is 88.3 cm³/mol. The van der Waals surface area contributed by atoms with Crippen LogP contribution in [0.2, 0.25) is 0 Å². The van der Waals surface area contributed by atoms with E-state index in [2.05, 4.69) is 22.9 Å². The van der Waals surface area contributed by atoms with Crippen molar-refractivity contribution in [3.63, 3.8) is 0 Å². The van der Waals surface area contributed by atoms with Crippen LogP contribution >= 0.6 is 15.9 Å². The lowest BCUT2D eigenvalue weighted by molar-refractivity contribution is -0.116. The third kappa shape index (κ3) is 2.17. The molecule has 0 radical (unpaired) electrons. The molecule has 1 N–H and O–H groups in total. The molecule has 0 saturated heterocycles. The molecule has 1 atom stereocenters. The van der Waals surface area contributed by atoms with Crippen LogP contribution in [0, 0.1) is 5.41 Å². The molecule has 1 aromatic carbocycles. The van der Waals surface area contributed by atoms with Crippen molar-refractivity contribution < 1.29 is 9.90 Å². The Morgan fingerprint density at radius 1 is 1.38 bits per heavy atom. The first kappa shape index (κ1) is 14.8. The van der Waals surface area contributed by atoms with Crippen LogP contribution in [0.15, 0.2) is 22.2 Å². The van der Waals surface area contributed by atoms with Crippen molar-refractivity contribution in [1.29, 1.82) is 0 Å². The van der Waals surface area contributed by atoms with Crippen molar-refractivity contribution >= 4 is 27.3 Å². The first-order chi connectivity index (χ1) is 10.00. The molecule has 0 amide bonds. The summed E-state index contributed by atoms with van der Waals surface area (Å²) >= 11 is 3.51. The van der Waals surface area contributed by atoms with Crippen LogP contribution in [0.3, 0.4) is 0 Å². The lowest BCUT2D eigenvalue weighted by Crippen LogP contribution is -2.26. The zero-order valence-corrected chi connectivity index (χ0v) is 14.2. The van der Waals surface area contributed by atoms with E-state index in [4.69, 9.17) is 0 Å². The Bertz CT molecular complexity index is 645. The monoisotopic (exact) mass is 348 g/mol. The van der Waals surface area contributed by atoms with E-state index in [1.807, 2.05) is 13.0 Å². The van der Waals surface area contributed by atoms with Crippen molar-refractivity contribution in [2.24, 2.45) is 5.41 Å². The van der Waals surface area contributed by atoms with Gasteiger partial charge in [-0.2, -0.15) is 0 Å². The van der Waals surface area contributed by atoms with Gasteiger partial charge in [0.15, 0.2) is 5.78 Å². The number of carbonyl (C=O) groups excluding carboxylic acids is 1. The normalized spacial score (nSPS) is 24.2. The van der Waals surface area contributed by atoms with Crippen LogP contribution in [0.1, 0.15) is 57.1 Å². The molecular weight excluding hydrogens is 328 g/mol. The molecule has 1 aromatic rings. The van der Waals surface area contributed by atoms with Gasteiger partial charge in [-0.05, 0) is 70.5 Å². The average molecular weight is 349 g/mol. The Balaban J connectivity index is 2.17. The van der Waals surface area contributed by atoms with Gasteiger partial charge in [-0.3, -0.25) is 4.79 Å². The van der Waals surface area contributed by atoms with Crippen LogP contribution in [0.4, 0.5) is 0 Å². The van der Waals surface area contributed by atoms with E-state index < -0.39 is 0 Å². The summed E-state index contributed by atoms with van der Waals surface area (Å²) < 4.78 is 0.795. The number of halogens is 1. The molecule has 3 rings (SSSR count). The van der Waals surface area contributed by atoms with Crippen LogP contribution < -0.4 is 0 Å². The van der Waals surface area contributed by atoms with E-state index in [1.165, 1.54) is 17.6 Å². The number of rotatable bonds is 3. The predicted octanol–water partition coefficient (Wildman–Crippen LogP) is 5.02. The number of ketones is 1. The third-order valence-corrected chi connectivity index (χ3v) is 6.06. The highest BCUT2D eigenvalue weighted by Gasteiger charge is 2.46. The maximum Gasteiger partial charge on any atom is 0.159 e. The van der Waals surface area contributed by atoms with Gasteiger partial charge in [-0.15, -0.1) is 0 Å². The third-order valence-electron chi connectivity index (χ3n) is 5.18. The van der Waals surface area contributed by atoms with Crippen molar-refractivity contribution in [1.82, 2.24) is 0 Å². The zero-order valence-electron chi connectivity index (χ0n) is 12.6. The summed E-state index contributed by atoms with van der Waals surface area (Å²) in [6, 6.07) is 3.73. The molecule has 0 aromatic heterocycles. The van der Waals surface area contributed by atoms with Gasteiger partial charge in [-0.1, -0.05) is 25.8 Å². The van der Waals surface area contributed by atoms with Gasteiger partial charge >= 0.3 is 0 Å². The lowest BCUT2D eigenvalue weighted by Gasteiger charge is -2.38. The molecule has 112 valence electrons. The second-order valence-electron chi connectivity index (χ2n) is 6.41. The SMILES string of the molecule is CCCCC12CCc3c(ccc(O)c3Br)C1=C(C)C(=O)C2. The molecule has 21 heavy (non-hydrogen) atoms. The smallest absolute Gasteiger partial charge is 0.159 e. The van der Waals surface area contributed by atoms with Crippen molar-refractivity contribution in [2.75, 3.05) is 0 Å². The quantitative estimate of drug-likeness (QED) is 0.832. The Kier molecular flexibility index (Phi) is 3.73. The number of phenols is 1. The zero-order chi connectivity index (χ0) is 15.2. The number of phenolic OH excluding ortho intramolecular Hbond substituents is 1. The minimum Gasteiger partial charge on any atom is -0.507 e. The second-order valence-corrected chi connectivity index (χ2v) is 7.20. The van der Waals surface area contributed by atoms with Gasteiger partial charge in [-0.25, -0.2) is 0 Å². The van der Waals surface area contributed by atoms with E-state index >= 15 is 0 Å². The molecule has 2 aliphatic rings. The summed E-state index contributed by atoms with van der Waals surface area (Å²) in [6.07, 6.45) is 6.04. The minimum absolute atomic E-state index is 0.0423. The highest BCUT2D eigenvalue weighted by molar-refractivity contribution is 9.10. The summed E-state index contributed by atoms with van der Waals surface area (Å²) in [5.74, 6) is 0.593. The minimum atomic E-state index is 0.0423. The second kappa shape index (κ2) is 5.28. The summed E-state index contributed by atoms with van der Waals surface area (Å²) in [4.78, 5) is 12.4. The van der Waals surface area contributed by atoms with E-state index in [9.17, 15) is 9.90 Å². The van der Waals surface area contributed by atoms with Crippen molar-refractivity contribution in [3.8, 4) is 5.75 Å². The first-order valence-electron chi connectivity index (χ1n) is 7.75. The van der Waals surface area contributed by atoms with Crippen LogP contribution in [-0.2, 0) is 11.2 Å². The summed E-state index contributed by atoms with van der Waals surface area (Å²) in [5, 5.41) is 9.91. The largest absolute Gasteiger partial charge is 0.507 e.